The lowest BCUT2D eigenvalue weighted by Crippen LogP contribution is -2.02. The molecule has 4 heteroatoms. The van der Waals surface area contributed by atoms with Crippen LogP contribution in [0.2, 0.25) is 0 Å². The van der Waals surface area contributed by atoms with E-state index in [4.69, 9.17) is 10.7 Å². The average molecular weight is 295 g/mol. The summed E-state index contributed by atoms with van der Waals surface area (Å²) in [6, 6.07) is 12.5. The Kier molecular flexibility index (Phi) is 4.05. The van der Waals surface area contributed by atoms with Crippen LogP contribution >= 0.6 is 11.3 Å². The van der Waals surface area contributed by atoms with Gasteiger partial charge in [-0.05, 0) is 24.3 Å². The van der Waals surface area contributed by atoms with Gasteiger partial charge in [-0.25, -0.2) is 4.98 Å². The normalized spacial score (nSPS) is 10.6. The van der Waals surface area contributed by atoms with Crippen LogP contribution in [0.15, 0.2) is 36.4 Å². The van der Waals surface area contributed by atoms with Crippen molar-refractivity contribution in [2.45, 2.75) is 19.9 Å². The number of aryl methyl sites for hydroxylation is 1. The summed E-state index contributed by atoms with van der Waals surface area (Å²) < 4.78 is 2.29. The highest BCUT2D eigenvalue weighted by atomic mass is 32.1. The van der Waals surface area contributed by atoms with Crippen LogP contribution in [0.5, 0.6) is 0 Å². The number of hydrogen-bond donors (Lipinski definition) is 1. The van der Waals surface area contributed by atoms with E-state index in [-0.39, 0.29) is 0 Å². The summed E-state index contributed by atoms with van der Waals surface area (Å²) in [5, 5.41) is 0. The van der Waals surface area contributed by atoms with Crippen molar-refractivity contribution in [1.29, 1.82) is 0 Å². The first-order chi connectivity index (χ1) is 10.3. The molecule has 2 N–H and O–H groups in total. The lowest BCUT2D eigenvalue weighted by molar-refractivity contribution is 0.761. The molecule has 3 aromatic rings. The fourth-order valence-electron chi connectivity index (χ4n) is 2.40. The zero-order valence-corrected chi connectivity index (χ0v) is 12.8. The summed E-state index contributed by atoms with van der Waals surface area (Å²) in [4.78, 5) is 7.06. The monoisotopic (exact) mass is 295 g/mol. The summed E-state index contributed by atoms with van der Waals surface area (Å²) in [6.07, 6.45) is 0.930. The van der Waals surface area contributed by atoms with E-state index in [0.29, 0.717) is 6.54 Å². The number of aromatic nitrogens is 2. The molecule has 3 nitrogen and oxygen atoms in total. The highest BCUT2D eigenvalue weighted by molar-refractivity contribution is 7.12. The predicted octanol–water partition coefficient (Wildman–Crippen LogP) is 3.02. The first-order valence-corrected chi connectivity index (χ1v) is 7.85. The van der Waals surface area contributed by atoms with Crippen LogP contribution in [-0.2, 0) is 13.0 Å². The summed E-state index contributed by atoms with van der Waals surface area (Å²) in [5.41, 5.74) is 7.67. The molecule has 0 saturated carbocycles. The Bertz CT molecular complexity index is 817. The molecule has 0 amide bonds. The molecule has 106 valence electrons. The Morgan fingerprint density at radius 2 is 2.10 bits per heavy atom. The van der Waals surface area contributed by atoms with E-state index in [1.807, 2.05) is 6.07 Å². The van der Waals surface area contributed by atoms with Crippen molar-refractivity contribution in [2.75, 3.05) is 6.54 Å². The van der Waals surface area contributed by atoms with E-state index < -0.39 is 0 Å². The van der Waals surface area contributed by atoms with Crippen molar-refractivity contribution in [3.63, 3.8) is 0 Å². The van der Waals surface area contributed by atoms with Crippen LogP contribution < -0.4 is 5.73 Å². The van der Waals surface area contributed by atoms with Gasteiger partial charge in [0.2, 0.25) is 0 Å². The van der Waals surface area contributed by atoms with Crippen LogP contribution in [0.25, 0.3) is 11.0 Å². The third-order valence-electron chi connectivity index (χ3n) is 3.34. The van der Waals surface area contributed by atoms with Gasteiger partial charge in [-0.3, -0.25) is 0 Å². The zero-order valence-electron chi connectivity index (χ0n) is 12.0. The van der Waals surface area contributed by atoms with Crippen molar-refractivity contribution in [1.82, 2.24) is 9.55 Å². The Labute approximate surface area is 128 Å². The average Bonchev–Trinajstić information content (AvgIpc) is 3.10. The third-order valence-corrected chi connectivity index (χ3v) is 4.32. The Morgan fingerprint density at radius 3 is 2.90 bits per heavy atom. The molecule has 0 bridgehead atoms. The maximum Gasteiger partial charge on any atom is 0.109 e. The Balaban J connectivity index is 1.95. The van der Waals surface area contributed by atoms with Gasteiger partial charge in [0, 0.05) is 11.3 Å². The van der Waals surface area contributed by atoms with Crippen molar-refractivity contribution >= 4 is 22.4 Å². The number of para-hydroxylation sites is 2. The van der Waals surface area contributed by atoms with Gasteiger partial charge < -0.3 is 10.3 Å². The van der Waals surface area contributed by atoms with Crippen molar-refractivity contribution < 1.29 is 0 Å². The molecular formula is C17H17N3S. The number of fused-ring (bicyclic) bond motifs is 1. The molecule has 0 aliphatic rings. The van der Waals surface area contributed by atoms with E-state index in [2.05, 4.69) is 53.7 Å². The highest BCUT2D eigenvalue weighted by Crippen LogP contribution is 2.22. The molecule has 0 saturated heterocycles. The van der Waals surface area contributed by atoms with Gasteiger partial charge in [-0.2, -0.15) is 0 Å². The van der Waals surface area contributed by atoms with Gasteiger partial charge in [0.1, 0.15) is 5.82 Å². The van der Waals surface area contributed by atoms with E-state index in [9.17, 15) is 0 Å². The summed E-state index contributed by atoms with van der Waals surface area (Å²) >= 11 is 1.72. The molecule has 0 aliphatic heterocycles. The van der Waals surface area contributed by atoms with Gasteiger partial charge >= 0.3 is 0 Å². The standard InChI is InChI=1S/C17H17N3S/c1-2-17-19-15-7-3-4-8-16(15)20(17)12-14-10-9-13(21-14)6-5-11-18/h3-4,7-10H,2,11-12,18H2,1H3. The number of nitrogens with two attached hydrogens (primary N) is 1. The maximum atomic E-state index is 5.41. The number of benzene rings is 1. The minimum atomic E-state index is 0.402. The summed E-state index contributed by atoms with van der Waals surface area (Å²) in [6.45, 7) is 3.39. The van der Waals surface area contributed by atoms with Crippen LogP contribution in [-0.4, -0.2) is 16.1 Å². The number of imidazole rings is 1. The Hall–Kier alpha value is -2.09. The molecule has 2 aromatic heterocycles. The second-order valence-electron chi connectivity index (χ2n) is 4.73. The maximum absolute atomic E-state index is 5.41. The van der Waals surface area contributed by atoms with E-state index >= 15 is 0 Å². The predicted molar refractivity (Wildman–Crippen MR) is 88.5 cm³/mol. The van der Waals surface area contributed by atoms with Gasteiger partial charge in [0.15, 0.2) is 0 Å². The van der Waals surface area contributed by atoms with E-state index in [1.54, 1.807) is 11.3 Å². The second kappa shape index (κ2) is 6.13. The Morgan fingerprint density at radius 1 is 1.24 bits per heavy atom. The van der Waals surface area contributed by atoms with Crippen LogP contribution in [0.1, 0.15) is 22.5 Å². The SMILES string of the molecule is CCc1nc2ccccc2n1Cc1ccc(C#CCN)s1. The number of nitrogens with zero attached hydrogens (tertiary/aromatic N) is 2. The number of thiophene rings is 1. The molecule has 3 rings (SSSR count). The quantitative estimate of drug-likeness (QED) is 0.755. The molecular weight excluding hydrogens is 278 g/mol. The molecule has 0 spiro atoms. The topological polar surface area (TPSA) is 43.8 Å². The largest absolute Gasteiger partial charge is 0.323 e. The smallest absolute Gasteiger partial charge is 0.109 e. The molecule has 0 radical (unpaired) electrons. The van der Waals surface area contributed by atoms with Crippen molar-refractivity contribution in [3.05, 3.63) is 52.0 Å². The zero-order chi connectivity index (χ0) is 14.7. The molecule has 21 heavy (non-hydrogen) atoms. The first kappa shape index (κ1) is 13.9. The summed E-state index contributed by atoms with van der Waals surface area (Å²) in [5.74, 6) is 7.11. The van der Waals surface area contributed by atoms with Crippen LogP contribution in [0.3, 0.4) is 0 Å². The lowest BCUT2D eigenvalue weighted by atomic mass is 10.3. The number of rotatable bonds is 3. The van der Waals surface area contributed by atoms with Gasteiger partial charge in [-0.15, -0.1) is 11.3 Å². The molecule has 0 fully saturated rings. The van der Waals surface area contributed by atoms with Crippen molar-refractivity contribution in [2.24, 2.45) is 5.73 Å². The fourth-order valence-corrected chi connectivity index (χ4v) is 3.27. The highest BCUT2D eigenvalue weighted by Gasteiger charge is 2.10. The number of hydrogen-bond acceptors (Lipinski definition) is 3. The third kappa shape index (κ3) is 2.85. The van der Waals surface area contributed by atoms with Crippen molar-refractivity contribution in [3.8, 4) is 11.8 Å². The summed E-state index contributed by atoms with van der Waals surface area (Å²) in [7, 11) is 0. The van der Waals surface area contributed by atoms with Gasteiger partial charge in [0.05, 0.1) is 29.0 Å². The van der Waals surface area contributed by atoms with Gasteiger partial charge in [0.25, 0.3) is 0 Å². The molecule has 2 heterocycles. The molecule has 1 aromatic carbocycles. The van der Waals surface area contributed by atoms with Crippen LogP contribution in [0.4, 0.5) is 0 Å². The van der Waals surface area contributed by atoms with E-state index in [1.165, 1.54) is 10.4 Å². The molecule has 0 unspecified atom stereocenters. The molecule has 0 aliphatic carbocycles. The first-order valence-electron chi connectivity index (χ1n) is 7.03. The minimum Gasteiger partial charge on any atom is -0.323 e. The second-order valence-corrected chi connectivity index (χ2v) is 5.90. The molecule has 0 atom stereocenters. The van der Waals surface area contributed by atoms with Gasteiger partial charge in [-0.1, -0.05) is 30.9 Å². The minimum absolute atomic E-state index is 0.402. The fraction of sp³-hybridized carbons (Fsp3) is 0.235. The lowest BCUT2D eigenvalue weighted by Gasteiger charge is -2.06. The van der Waals surface area contributed by atoms with Crippen LogP contribution in [0, 0.1) is 11.8 Å². The van der Waals surface area contributed by atoms with E-state index in [0.717, 1.165) is 29.2 Å².